The van der Waals surface area contributed by atoms with E-state index < -0.39 is 0 Å². The summed E-state index contributed by atoms with van der Waals surface area (Å²) in [5.41, 5.74) is 12.6. The fraction of sp³-hybridized carbons (Fsp3) is 0.0204. The molecular formula is C49H31N5PtS. The Hall–Kier alpha value is -6.33. The van der Waals surface area contributed by atoms with Crippen LogP contribution in [0.4, 0.5) is 17.1 Å². The Morgan fingerprint density at radius 2 is 1.29 bits per heavy atom. The molecule has 0 fully saturated rings. The molecule has 7 heteroatoms. The van der Waals surface area contributed by atoms with Gasteiger partial charge in [-0.3, -0.25) is 4.98 Å². The Balaban J connectivity index is 0.00000410. The van der Waals surface area contributed by atoms with Gasteiger partial charge in [-0.2, -0.15) is 0 Å². The maximum Gasteiger partial charge on any atom is 2.00 e. The van der Waals surface area contributed by atoms with Crippen molar-refractivity contribution in [3.8, 4) is 45.0 Å². The van der Waals surface area contributed by atoms with Gasteiger partial charge in [0, 0.05) is 44.8 Å². The summed E-state index contributed by atoms with van der Waals surface area (Å²) in [5.74, 6) is 0.706. The number of aryl methyl sites for hydroxylation is 1. The summed E-state index contributed by atoms with van der Waals surface area (Å²) < 4.78 is 2.07. The summed E-state index contributed by atoms with van der Waals surface area (Å²) in [6, 6.07) is 61.6. The molecule has 0 aliphatic heterocycles. The van der Waals surface area contributed by atoms with Crippen molar-refractivity contribution in [1.29, 1.82) is 0 Å². The Morgan fingerprint density at radius 1 is 0.589 bits per heavy atom. The van der Waals surface area contributed by atoms with Gasteiger partial charge in [0.2, 0.25) is 0 Å². The van der Waals surface area contributed by atoms with Gasteiger partial charge in [0.05, 0.1) is 15.7 Å². The first-order chi connectivity index (χ1) is 27.2. The number of pyridine rings is 2. The second-order valence-electron chi connectivity index (χ2n) is 13.4. The zero-order valence-corrected chi connectivity index (χ0v) is 33.2. The third kappa shape index (κ3) is 6.57. The second-order valence-corrected chi connectivity index (χ2v) is 14.5. The smallest absolute Gasteiger partial charge is 0.346 e. The molecular weight excluding hydrogens is 886 g/mol. The molecule has 0 radical (unpaired) electrons. The number of hydrogen-bond acceptors (Lipinski definition) is 6. The number of hydrogen-bond donors (Lipinski definition) is 0. The molecule has 268 valence electrons. The minimum atomic E-state index is 0. The van der Waals surface area contributed by atoms with E-state index >= 15 is 0 Å². The molecule has 5 nitrogen and oxygen atoms in total. The van der Waals surface area contributed by atoms with E-state index in [9.17, 15) is 0 Å². The van der Waals surface area contributed by atoms with Crippen LogP contribution in [0.2, 0.25) is 0 Å². The number of rotatable bonds is 7. The van der Waals surface area contributed by atoms with Crippen molar-refractivity contribution >= 4 is 59.6 Å². The summed E-state index contributed by atoms with van der Waals surface area (Å²) in [5, 5.41) is 2.15. The number of anilines is 3. The summed E-state index contributed by atoms with van der Waals surface area (Å²) >= 11 is 1.67. The van der Waals surface area contributed by atoms with Gasteiger partial charge >= 0.3 is 21.1 Å². The maximum atomic E-state index is 5.28. The molecule has 0 unspecified atom stereocenters. The van der Waals surface area contributed by atoms with Crippen molar-refractivity contribution in [2.75, 3.05) is 4.90 Å². The van der Waals surface area contributed by atoms with Gasteiger partial charge < -0.3 is 9.88 Å². The Bertz CT molecular complexity index is 3000. The van der Waals surface area contributed by atoms with Crippen molar-refractivity contribution in [3.63, 3.8) is 0 Å². The zero-order chi connectivity index (χ0) is 36.7. The molecule has 0 N–H and O–H groups in total. The van der Waals surface area contributed by atoms with E-state index in [1.54, 1.807) is 11.3 Å². The van der Waals surface area contributed by atoms with Crippen LogP contribution in [0.15, 0.2) is 170 Å². The van der Waals surface area contributed by atoms with Crippen LogP contribution in [0.1, 0.15) is 5.56 Å². The largest absolute Gasteiger partial charge is 2.00 e. The molecule has 0 saturated carbocycles. The van der Waals surface area contributed by atoms with E-state index in [4.69, 9.17) is 19.9 Å². The molecule has 0 aliphatic carbocycles. The van der Waals surface area contributed by atoms with Gasteiger partial charge in [0.25, 0.3) is 0 Å². The number of para-hydroxylation sites is 2. The summed E-state index contributed by atoms with van der Waals surface area (Å²) in [7, 11) is 0. The molecule has 4 aromatic heterocycles. The first-order valence-corrected chi connectivity index (χ1v) is 18.9. The van der Waals surface area contributed by atoms with Crippen LogP contribution in [0.5, 0.6) is 0 Å². The molecule has 56 heavy (non-hydrogen) atoms. The van der Waals surface area contributed by atoms with Crippen molar-refractivity contribution in [2.24, 2.45) is 0 Å². The number of fused-ring (bicyclic) bond motifs is 5. The van der Waals surface area contributed by atoms with Crippen LogP contribution in [-0.4, -0.2) is 19.9 Å². The fourth-order valence-corrected chi connectivity index (χ4v) is 8.25. The predicted octanol–water partition coefficient (Wildman–Crippen LogP) is 12.8. The Kier molecular flexibility index (Phi) is 9.52. The zero-order valence-electron chi connectivity index (χ0n) is 30.1. The van der Waals surface area contributed by atoms with Gasteiger partial charge in [0.1, 0.15) is 0 Å². The van der Waals surface area contributed by atoms with Crippen LogP contribution in [-0.2, 0) is 21.1 Å². The molecule has 0 amide bonds. The van der Waals surface area contributed by atoms with Crippen LogP contribution in [0, 0.1) is 19.1 Å². The molecule has 0 saturated heterocycles. The Labute approximate surface area is 343 Å². The maximum absolute atomic E-state index is 5.28. The van der Waals surface area contributed by atoms with Gasteiger partial charge in [-0.1, -0.05) is 103 Å². The first kappa shape index (κ1) is 35.4. The Morgan fingerprint density at radius 3 is 2.07 bits per heavy atom. The van der Waals surface area contributed by atoms with Crippen LogP contribution in [0.25, 0.3) is 76.2 Å². The predicted molar refractivity (Wildman–Crippen MR) is 227 cm³/mol. The average molecular weight is 917 g/mol. The number of thiophene rings is 1. The number of aromatic nitrogens is 4. The van der Waals surface area contributed by atoms with Gasteiger partial charge in [-0.25, -0.2) is 9.97 Å². The van der Waals surface area contributed by atoms with Gasteiger partial charge in [-0.05, 0) is 59.4 Å². The third-order valence-corrected chi connectivity index (χ3v) is 10.9. The number of benzene rings is 6. The van der Waals surface area contributed by atoms with Gasteiger partial charge in [0.15, 0.2) is 5.82 Å². The molecule has 6 aromatic carbocycles. The normalized spacial score (nSPS) is 11.2. The van der Waals surface area contributed by atoms with E-state index in [1.807, 2.05) is 54.9 Å². The monoisotopic (exact) mass is 916 g/mol. The molecule has 10 rings (SSSR count). The SMILES string of the molecule is Cc1ccc(-c2ccnc(-c3[c-]c(N(c4[c-]c(-c5nc6ccccc6c6c5sc5cnc(-c7ccccc7)nc56)ccc4)c4ccccc4)ccc3)c2)cc1.[Pt+2]. The molecule has 0 aliphatic rings. The van der Waals surface area contributed by atoms with E-state index in [1.165, 1.54) is 5.56 Å². The van der Waals surface area contributed by atoms with Crippen LogP contribution >= 0.6 is 11.3 Å². The molecule has 0 bridgehead atoms. The summed E-state index contributed by atoms with van der Waals surface area (Å²) in [6.45, 7) is 2.10. The van der Waals surface area contributed by atoms with Crippen LogP contribution < -0.4 is 4.90 Å². The van der Waals surface area contributed by atoms with E-state index in [2.05, 4.69) is 139 Å². The van der Waals surface area contributed by atoms with Crippen molar-refractivity contribution in [1.82, 2.24) is 19.9 Å². The quantitative estimate of drug-likeness (QED) is 0.149. The van der Waals surface area contributed by atoms with E-state index in [-0.39, 0.29) is 21.1 Å². The first-order valence-electron chi connectivity index (χ1n) is 18.1. The molecule has 0 spiro atoms. The topological polar surface area (TPSA) is 54.8 Å². The average Bonchev–Trinajstić information content (AvgIpc) is 3.64. The number of nitrogens with zero attached hydrogens (tertiary/aromatic N) is 5. The minimum absolute atomic E-state index is 0. The molecule has 4 heterocycles. The van der Waals surface area contributed by atoms with Crippen molar-refractivity contribution in [2.45, 2.75) is 6.92 Å². The van der Waals surface area contributed by atoms with Crippen LogP contribution in [0.3, 0.4) is 0 Å². The minimum Gasteiger partial charge on any atom is -0.346 e. The summed E-state index contributed by atoms with van der Waals surface area (Å²) in [6.07, 6.45) is 3.82. The molecule has 0 atom stereocenters. The van der Waals surface area contributed by atoms with E-state index in [0.29, 0.717) is 5.82 Å². The van der Waals surface area contributed by atoms with Crippen molar-refractivity contribution < 1.29 is 21.1 Å². The fourth-order valence-electron chi connectivity index (χ4n) is 7.12. The second kappa shape index (κ2) is 15.1. The third-order valence-electron chi connectivity index (χ3n) is 9.82. The van der Waals surface area contributed by atoms with E-state index in [0.717, 1.165) is 87.5 Å². The van der Waals surface area contributed by atoms with Crippen molar-refractivity contribution in [3.05, 3.63) is 188 Å². The van der Waals surface area contributed by atoms with Gasteiger partial charge in [-0.15, -0.1) is 71.0 Å². The summed E-state index contributed by atoms with van der Waals surface area (Å²) in [4.78, 5) is 22.2. The molecule has 10 aromatic rings. The standard InChI is InChI=1S/C49H31N5S.Pt/c1-32-22-24-33(25-23-32)35-26-27-50-43(30-35)36-14-10-18-39(28-36)54(38-16-6-3-7-17-38)40-19-11-15-37(29-40)46-48-45(41-20-8-9-21-42(41)52-46)47-44(55-48)31-51-49(53-47)34-12-4-2-5-13-34;/h2-27,30-31H,1H3;/q-2;+2.